The van der Waals surface area contributed by atoms with Crippen LogP contribution in [-0.4, -0.2) is 34.0 Å². The molecule has 0 radical (unpaired) electrons. The fourth-order valence-electron chi connectivity index (χ4n) is 4.52. The standard InChI is InChI=1S/C28H31N3O3/c1-2-16-33-26-17-20(12-14-23(26)21-8-4-3-5-9-21)18-29-28-30-24-10-6-7-11-25(24)31(28)27-15-13-22(19-32)34-27/h3-12,14,17,22,27,32H,2,13,15-16,18-19H2,1H3,(H,29,30)/t22-,27+/m0/s1. The molecule has 0 bridgehead atoms. The molecular weight excluding hydrogens is 426 g/mol. The average molecular weight is 458 g/mol. The minimum absolute atomic E-state index is 0.0419. The summed E-state index contributed by atoms with van der Waals surface area (Å²) in [5.74, 6) is 1.67. The van der Waals surface area contributed by atoms with Crippen molar-refractivity contribution in [1.82, 2.24) is 9.55 Å². The molecule has 1 fully saturated rings. The largest absolute Gasteiger partial charge is 0.493 e. The topological polar surface area (TPSA) is 68.5 Å². The molecule has 6 nitrogen and oxygen atoms in total. The van der Waals surface area contributed by atoms with Gasteiger partial charge in [-0.15, -0.1) is 0 Å². The molecule has 2 atom stereocenters. The lowest BCUT2D eigenvalue weighted by atomic mass is 10.0. The maximum Gasteiger partial charge on any atom is 0.206 e. The van der Waals surface area contributed by atoms with E-state index in [0.29, 0.717) is 13.2 Å². The summed E-state index contributed by atoms with van der Waals surface area (Å²) in [6.07, 6.45) is 2.38. The Morgan fingerprint density at radius 1 is 1.06 bits per heavy atom. The predicted molar refractivity (Wildman–Crippen MR) is 135 cm³/mol. The van der Waals surface area contributed by atoms with Crippen LogP contribution in [0.2, 0.25) is 0 Å². The molecule has 1 aliphatic rings. The van der Waals surface area contributed by atoms with Crippen molar-refractivity contribution in [2.45, 2.75) is 45.1 Å². The minimum Gasteiger partial charge on any atom is -0.493 e. The lowest BCUT2D eigenvalue weighted by Crippen LogP contribution is -2.16. The molecular formula is C28H31N3O3. The highest BCUT2D eigenvalue weighted by Crippen LogP contribution is 2.35. The molecule has 0 spiro atoms. The van der Waals surface area contributed by atoms with Crippen LogP contribution in [0.3, 0.4) is 0 Å². The summed E-state index contributed by atoms with van der Waals surface area (Å²) >= 11 is 0. The maximum absolute atomic E-state index is 9.53. The first-order chi connectivity index (χ1) is 16.8. The van der Waals surface area contributed by atoms with Crippen molar-refractivity contribution >= 4 is 17.0 Å². The molecule has 4 aromatic rings. The van der Waals surface area contributed by atoms with Crippen LogP contribution < -0.4 is 10.1 Å². The molecule has 1 aliphatic heterocycles. The highest BCUT2D eigenvalue weighted by atomic mass is 16.5. The van der Waals surface area contributed by atoms with Gasteiger partial charge in [0.05, 0.1) is 30.4 Å². The van der Waals surface area contributed by atoms with Crippen molar-refractivity contribution < 1.29 is 14.6 Å². The van der Waals surface area contributed by atoms with Crippen LogP contribution in [0.5, 0.6) is 5.75 Å². The third-order valence-corrected chi connectivity index (χ3v) is 6.22. The number of aromatic nitrogens is 2. The van der Waals surface area contributed by atoms with Crippen LogP contribution in [-0.2, 0) is 11.3 Å². The lowest BCUT2D eigenvalue weighted by molar-refractivity contribution is -0.0195. The third-order valence-electron chi connectivity index (χ3n) is 6.22. The van der Waals surface area contributed by atoms with Gasteiger partial charge in [0, 0.05) is 12.1 Å². The van der Waals surface area contributed by atoms with Gasteiger partial charge in [0.15, 0.2) is 0 Å². The van der Waals surface area contributed by atoms with Crippen LogP contribution >= 0.6 is 0 Å². The number of ether oxygens (including phenoxy) is 2. The highest BCUT2D eigenvalue weighted by molar-refractivity contribution is 5.79. The monoisotopic (exact) mass is 457 g/mol. The molecule has 34 heavy (non-hydrogen) atoms. The Kier molecular flexibility index (Phi) is 6.79. The first kappa shape index (κ1) is 22.4. The van der Waals surface area contributed by atoms with Gasteiger partial charge in [0.25, 0.3) is 0 Å². The molecule has 0 aliphatic carbocycles. The van der Waals surface area contributed by atoms with E-state index in [1.54, 1.807) is 0 Å². The average Bonchev–Trinajstić information content (AvgIpc) is 3.50. The molecule has 2 heterocycles. The van der Waals surface area contributed by atoms with E-state index in [-0.39, 0.29) is 18.9 Å². The number of hydrogen-bond acceptors (Lipinski definition) is 5. The number of hydrogen-bond donors (Lipinski definition) is 2. The SMILES string of the molecule is CCCOc1cc(CNc2nc3ccccc3n2[C@H]2CC[C@@H](CO)O2)ccc1-c1ccccc1. The van der Waals surface area contributed by atoms with Crippen molar-refractivity contribution in [3.8, 4) is 16.9 Å². The molecule has 0 amide bonds. The van der Waals surface area contributed by atoms with Gasteiger partial charge >= 0.3 is 0 Å². The second-order valence-electron chi connectivity index (χ2n) is 8.67. The van der Waals surface area contributed by atoms with Gasteiger partial charge in [0.1, 0.15) is 12.0 Å². The summed E-state index contributed by atoms with van der Waals surface area (Å²) in [4.78, 5) is 4.84. The first-order valence-corrected chi connectivity index (χ1v) is 12.0. The number of nitrogens with zero attached hydrogens (tertiary/aromatic N) is 2. The zero-order valence-corrected chi connectivity index (χ0v) is 19.5. The van der Waals surface area contributed by atoms with E-state index in [2.05, 4.69) is 53.2 Å². The molecule has 0 saturated carbocycles. The Bertz CT molecular complexity index is 1240. The first-order valence-electron chi connectivity index (χ1n) is 12.0. The fraction of sp³-hybridized carbons (Fsp3) is 0.321. The summed E-state index contributed by atoms with van der Waals surface area (Å²) in [6.45, 7) is 3.44. The number of anilines is 1. The van der Waals surface area contributed by atoms with E-state index >= 15 is 0 Å². The Balaban J connectivity index is 1.41. The van der Waals surface area contributed by atoms with E-state index < -0.39 is 0 Å². The number of nitrogens with one attached hydrogen (secondary N) is 1. The van der Waals surface area contributed by atoms with Crippen molar-refractivity contribution in [2.75, 3.05) is 18.5 Å². The number of imidazole rings is 1. The zero-order valence-electron chi connectivity index (χ0n) is 19.5. The quantitative estimate of drug-likeness (QED) is 0.334. The fourth-order valence-corrected chi connectivity index (χ4v) is 4.52. The van der Waals surface area contributed by atoms with Gasteiger partial charge in [-0.05, 0) is 48.6 Å². The number of para-hydroxylation sites is 2. The molecule has 176 valence electrons. The summed E-state index contributed by atoms with van der Waals surface area (Å²) in [5, 5.41) is 13.1. The van der Waals surface area contributed by atoms with Crippen LogP contribution in [0.25, 0.3) is 22.2 Å². The molecule has 3 aromatic carbocycles. The van der Waals surface area contributed by atoms with Crippen molar-refractivity contribution in [1.29, 1.82) is 0 Å². The van der Waals surface area contributed by atoms with Gasteiger partial charge in [-0.3, -0.25) is 4.57 Å². The van der Waals surface area contributed by atoms with E-state index in [1.165, 1.54) is 0 Å². The minimum atomic E-state index is -0.143. The Hall–Kier alpha value is -3.35. The van der Waals surface area contributed by atoms with Crippen molar-refractivity contribution in [2.24, 2.45) is 0 Å². The molecule has 2 N–H and O–H groups in total. The van der Waals surface area contributed by atoms with Gasteiger partial charge in [-0.25, -0.2) is 4.98 Å². The van der Waals surface area contributed by atoms with E-state index in [9.17, 15) is 5.11 Å². The van der Waals surface area contributed by atoms with E-state index in [0.717, 1.165) is 58.7 Å². The second-order valence-corrected chi connectivity index (χ2v) is 8.67. The Labute approximate surface area is 200 Å². The van der Waals surface area contributed by atoms with Crippen LogP contribution in [0.1, 0.15) is 38.0 Å². The lowest BCUT2D eigenvalue weighted by Gasteiger charge is -2.18. The normalized spacial score (nSPS) is 17.8. The van der Waals surface area contributed by atoms with Crippen molar-refractivity contribution in [3.05, 3.63) is 78.4 Å². The third kappa shape index (κ3) is 4.65. The number of aliphatic hydroxyl groups excluding tert-OH is 1. The second kappa shape index (κ2) is 10.3. The molecule has 1 saturated heterocycles. The molecule has 1 aromatic heterocycles. The van der Waals surface area contributed by atoms with Gasteiger partial charge in [-0.1, -0.05) is 61.5 Å². The Morgan fingerprint density at radius 3 is 2.68 bits per heavy atom. The molecule has 6 heteroatoms. The summed E-state index contributed by atoms with van der Waals surface area (Å²) in [7, 11) is 0. The van der Waals surface area contributed by atoms with Crippen LogP contribution in [0.4, 0.5) is 5.95 Å². The summed E-state index contributed by atoms with van der Waals surface area (Å²) in [5.41, 5.74) is 5.31. The van der Waals surface area contributed by atoms with Crippen molar-refractivity contribution in [3.63, 3.8) is 0 Å². The highest BCUT2D eigenvalue weighted by Gasteiger charge is 2.29. The predicted octanol–water partition coefficient (Wildman–Crippen LogP) is 5.77. The van der Waals surface area contributed by atoms with E-state index in [1.807, 2.05) is 36.4 Å². The summed E-state index contributed by atoms with van der Waals surface area (Å²) in [6, 6.07) is 24.8. The number of benzene rings is 3. The van der Waals surface area contributed by atoms with Gasteiger partial charge < -0.3 is 19.9 Å². The van der Waals surface area contributed by atoms with Gasteiger partial charge in [0.2, 0.25) is 5.95 Å². The zero-order chi connectivity index (χ0) is 23.3. The number of rotatable bonds is 9. The molecule has 0 unspecified atom stereocenters. The number of fused-ring (bicyclic) bond motifs is 1. The maximum atomic E-state index is 9.53. The van der Waals surface area contributed by atoms with Crippen LogP contribution in [0.15, 0.2) is 72.8 Å². The smallest absolute Gasteiger partial charge is 0.206 e. The number of aliphatic hydroxyl groups is 1. The summed E-state index contributed by atoms with van der Waals surface area (Å²) < 4.78 is 14.3. The molecule has 5 rings (SSSR count). The van der Waals surface area contributed by atoms with Gasteiger partial charge in [-0.2, -0.15) is 0 Å². The van der Waals surface area contributed by atoms with E-state index in [4.69, 9.17) is 14.5 Å². The van der Waals surface area contributed by atoms with Crippen LogP contribution in [0, 0.1) is 0 Å². The Morgan fingerprint density at radius 2 is 1.88 bits per heavy atom.